The first-order chi connectivity index (χ1) is 12.2. The number of anilines is 1. The average Bonchev–Trinajstić information content (AvgIpc) is 3.16. The van der Waals surface area contributed by atoms with Gasteiger partial charge in [-0.1, -0.05) is 36.7 Å². The Kier molecular flexibility index (Phi) is 4.22. The van der Waals surface area contributed by atoms with Crippen LogP contribution in [0.4, 0.5) is 5.69 Å². The minimum absolute atomic E-state index is 0.102. The molecule has 3 aromatic rings. The number of benzene rings is 2. The van der Waals surface area contributed by atoms with Crippen LogP contribution in [0.2, 0.25) is 5.02 Å². The van der Waals surface area contributed by atoms with E-state index in [-0.39, 0.29) is 11.8 Å². The van der Waals surface area contributed by atoms with Gasteiger partial charge in [0.25, 0.3) is 0 Å². The first-order valence-electron chi connectivity index (χ1n) is 8.68. The second-order valence-corrected chi connectivity index (χ2v) is 6.93. The van der Waals surface area contributed by atoms with Gasteiger partial charge in [-0.2, -0.15) is 0 Å². The number of nitrogens with zero attached hydrogens (tertiary/aromatic N) is 3. The molecular formula is C20H20ClN3O. The van der Waals surface area contributed by atoms with E-state index in [2.05, 4.69) is 17.6 Å². The number of para-hydroxylation sites is 2. The number of hydrogen-bond donors (Lipinski definition) is 0. The van der Waals surface area contributed by atoms with Crippen LogP contribution in [-0.2, 0) is 11.3 Å². The lowest BCUT2D eigenvalue weighted by atomic mass is 10.1. The molecule has 25 heavy (non-hydrogen) atoms. The molecule has 4 nitrogen and oxygen atoms in total. The summed E-state index contributed by atoms with van der Waals surface area (Å²) < 4.78 is 2.27. The number of imidazole rings is 1. The van der Waals surface area contributed by atoms with Gasteiger partial charge in [-0.3, -0.25) is 4.79 Å². The van der Waals surface area contributed by atoms with Crippen LogP contribution in [0.1, 0.15) is 31.5 Å². The maximum atomic E-state index is 12.6. The zero-order chi connectivity index (χ0) is 17.4. The third-order valence-corrected chi connectivity index (χ3v) is 4.98. The molecule has 128 valence electrons. The Labute approximate surface area is 152 Å². The van der Waals surface area contributed by atoms with Crippen LogP contribution < -0.4 is 4.90 Å². The molecule has 1 unspecified atom stereocenters. The number of aromatic nitrogens is 2. The zero-order valence-corrected chi connectivity index (χ0v) is 14.9. The molecule has 0 saturated carbocycles. The van der Waals surface area contributed by atoms with Gasteiger partial charge in [0, 0.05) is 36.1 Å². The maximum absolute atomic E-state index is 12.6. The molecule has 2 aromatic carbocycles. The van der Waals surface area contributed by atoms with Gasteiger partial charge in [0.2, 0.25) is 5.91 Å². The number of hydrogen-bond acceptors (Lipinski definition) is 2. The van der Waals surface area contributed by atoms with Crippen molar-refractivity contribution in [2.75, 3.05) is 11.4 Å². The third-order valence-electron chi connectivity index (χ3n) is 4.74. The van der Waals surface area contributed by atoms with Crippen LogP contribution in [-0.4, -0.2) is 22.0 Å². The highest BCUT2D eigenvalue weighted by molar-refractivity contribution is 6.30. The molecule has 1 aromatic heterocycles. The van der Waals surface area contributed by atoms with Gasteiger partial charge >= 0.3 is 0 Å². The molecular weight excluding hydrogens is 334 g/mol. The summed E-state index contributed by atoms with van der Waals surface area (Å²) in [5.41, 5.74) is 3.01. The minimum atomic E-state index is 0.102. The topological polar surface area (TPSA) is 38.1 Å². The van der Waals surface area contributed by atoms with E-state index in [0.717, 1.165) is 35.5 Å². The number of halogens is 1. The van der Waals surface area contributed by atoms with Crippen LogP contribution in [0.25, 0.3) is 11.0 Å². The predicted octanol–water partition coefficient (Wildman–Crippen LogP) is 4.62. The summed E-state index contributed by atoms with van der Waals surface area (Å²) in [5, 5.41) is 0.645. The largest absolute Gasteiger partial charge is 0.328 e. The Morgan fingerprint density at radius 1 is 1.20 bits per heavy atom. The molecule has 0 aliphatic carbocycles. The van der Waals surface area contributed by atoms with E-state index in [0.29, 0.717) is 18.0 Å². The lowest BCUT2D eigenvalue weighted by Crippen LogP contribution is -2.24. The molecule has 2 heterocycles. The number of rotatable bonds is 4. The Hall–Kier alpha value is -2.33. The number of fused-ring (bicyclic) bond motifs is 1. The van der Waals surface area contributed by atoms with Gasteiger partial charge in [-0.15, -0.1) is 0 Å². The fourth-order valence-electron chi connectivity index (χ4n) is 3.64. The smallest absolute Gasteiger partial charge is 0.227 e. The lowest BCUT2D eigenvalue weighted by Gasteiger charge is -2.17. The van der Waals surface area contributed by atoms with E-state index in [9.17, 15) is 4.79 Å². The second kappa shape index (κ2) is 6.52. The van der Waals surface area contributed by atoms with Crippen molar-refractivity contribution in [2.24, 2.45) is 0 Å². The standard InChI is InChI=1S/C20H20ClN3O/c1-2-10-23-18-9-4-3-8-17(18)22-20(23)14-11-19(25)24(13-14)16-7-5-6-15(21)12-16/h3-9,12,14H,2,10-11,13H2,1H3. The van der Waals surface area contributed by atoms with Crippen LogP contribution in [0.3, 0.4) is 0 Å². The van der Waals surface area contributed by atoms with Crippen molar-refractivity contribution in [2.45, 2.75) is 32.2 Å². The normalized spacial score (nSPS) is 17.6. The van der Waals surface area contributed by atoms with Gasteiger partial charge in [0.05, 0.1) is 11.0 Å². The summed E-state index contributed by atoms with van der Waals surface area (Å²) in [4.78, 5) is 19.3. The highest BCUT2D eigenvalue weighted by Crippen LogP contribution is 2.34. The van der Waals surface area contributed by atoms with Gasteiger partial charge in [-0.25, -0.2) is 4.98 Å². The molecule has 0 N–H and O–H groups in total. The molecule has 0 spiro atoms. The van der Waals surface area contributed by atoms with E-state index >= 15 is 0 Å². The van der Waals surface area contributed by atoms with Gasteiger partial charge < -0.3 is 9.47 Å². The first kappa shape index (κ1) is 16.2. The molecule has 0 radical (unpaired) electrons. The van der Waals surface area contributed by atoms with Crippen LogP contribution in [0, 0.1) is 0 Å². The quantitative estimate of drug-likeness (QED) is 0.686. The third kappa shape index (κ3) is 2.91. The summed E-state index contributed by atoms with van der Waals surface area (Å²) in [6, 6.07) is 15.7. The fraction of sp³-hybridized carbons (Fsp3) is 0.300. The molecule has 4 rings (SSSR count). The average molecular weight is 354 g/mol. The monoisotopic (exact) mass is 353 g/mol. The van der Waals surface area contributed by atoms with Crippen molar-refractivity contribution in [1.82, 2.24) is 9.55 Å². The zero-order valence-electron chi connectivity index (χ0n) is 14.2. The summed E-state index contributed by atoms with van der Waals surface area (Å²) >= 11 is 6.09. The van der Waals surface area contributed by atoms with Crippen molar-refractivity contribution < 1.29 is 4.79 Å². The Morgan fingerprint density at radius 2 is 2.04 bits per heavy atom. The highest BCUT2D eigenvalue weighted by Gasteiger charge is 2.34. The first-order valence-corrected chi connectivity index (χ1v) is 9.06. The number of amides is 1. The molecule has 0 bridgehead atoms. The highest BCUT2D eigenvalue weighted by atomic mass is 35.5. The van der Waals surface area contributed by atoms with Gasteiger partial charge in [0.15, 0.2) is 0 Å². The van der Waals surface area contributed by atoms with Crippen molar-refractivity contribution >= 4 is 34.2 Å². The SMILES string of the molecule is CCCn1c(C2CC(=O)N(c3cccc(Cl)c3)C2)nc2ccccc21. The number of aryl methyl sites for hydroxylation is 1. The van der Waals surface area contributed by atoms with Crippen molar-refractivity contribution in [1.29, 1.82) is 0 Å². The molecule has 1 saturated heterocycles. The summed E-state index contributed by atoms with van der Waals surface area (Å²) in [6.07, 6.45) is 1.52. The molecule has 1 aliphatic rings. The van der Waals surface area contributed by atoms with Crippen LogP contribution >= 0.6 is 11.6 Å². The van der Waals surface area contributed by atoms with Crippen LogP contribution in [0.15, 0.2) is 48.5 Å². The predicted molar refractivity (Wildman–Crippen MR) is 101 cm³/mol. The fourth-order valence-corrected chi connectivity index (χ4v) is 3.82. The lowest BCUT2D eigenvalue weighted by molar-refractivity contribution is -0.117. The summed E-state index contributed by atoms with van der Waals surface area (Å²) in [6.45, 7) is 3.72. The van der Waals surface area contributed by atoms with Crippen LogP contribution in [0.5, 0.6) is 0 Å². The van der Waals surface area contributed by atoms with Gasteiger partial charge in [0.1, 0.15) is 5.82 Å². The van der Waals surface area contributed by atoms with E-state index in [4.69, 9.17) is 16.6 Å². The van der Waals surface area contributed by atoms with Crippen molar-refractivity contribution in [3.63, 3.8) is 0 Å². The molecule has 1 atom stereocenters. The second-order valence-electron chi connectivity index (χ2n) is 6.50. The number of carbonyl (C=O) groups excluding carboxylic acids is 1. The molecule has 1 fully saturated rings. The van der Waals surface area contributed by atoms with Crippen molar-refractivity contribution in [3.8, 4) is 0 Å². The van der Waals surface area contributed by atoms with Gasteiger partial charge in [-0.05, 0) is 36.8 Å². The Balaban J connectivity index is 1.70. The van der Waals surface area contributed by atoms with E-state index < -0.39 is 0 Å². The summed E-state index contributed by atoms with van der Waals surface area (Å²) in [7, 11) is 0. The Bertz CT molecular complexity index is 934. The summed E-state index contributed by atoms with van der Waals surface area (Å²) in [5.74, 6) is 1.24. The molecule has 5 heteroatoms. The molecule has 1 amide bonds. The van der Waals surface area contributed by atoms with E-state index in [1.165, 1.54) is 0 Å². The minimum Gasteiger partial charge on any atom is -0.328 e. The molecule has 1 aliphatic heterocycles. The van der Waals surface area contributed by atoms with E-state index in [1.54, 1.807) is 0 Å². The maximum Gasteiger partial charge on any atom is 0.227 e. The van der Waals surface area contributed by atoms with Crippen molar-refractivity contribution in [3.05, 3.63) is 59.4 Å². The van der Waals surface area contributed by atoms with E-state index in [1.807, 2.05) is 47.4 Å². The number of carbonyl (C=O) groups is 1. The Morgan fingerprint density at radius 3 is 2.84 bits per heavy atom.